The van der Waals surface area contributed by atoms with Crippen LogP contribution in [0.1, 0.15) is 59.8 Å². The molecule has 0 aliphatic carbocycles. The summed E-state index contributed by atoms with van der Waals surface area (Å²) in [6.45, 7) is 3.91. The van der Waals surface area contributed by atoms with Crippen LogP contribution in [0.25, 0.3) is 0 Å². The van der Waals surface area contributed by atoms with Gasteiger partial charge < -0.3 is 9.47 Å². The first kappa shape index (κ1) is 24.2. The van der Waals surface area contributed by atoms with Gasteiger partial charge in [-0.2, -0.15) is 26.3 Å². The zero-order valence-electron chi connectivity index (χ0n) is 15.2. The smallest absolute Gasteiger partial charge is 0.341 e. The number of allylic oxidation sites excluding steroid dienone is 2. The highest BCUT2D eigenvalue weighted by Crippen LogP contribution is 2.28. The molecule has 0 bridgehead atoms. The zero-order chi connectivity index (χ0) is 19.7. The Morgan fingerprint density at radius 1 is 0.960 bits per heavy atom. The fraction of sp³-hybridized carbons (Fsp3) is 0.882. The molecule has 8 heteroatoms. The van der Waals surface area contributed by atoms with Gasteiger partial charge in [0.2, 0.25) is 0 Å². The molecule has 0 saturated heterocycles. The van der Waals surface area contributed by atoms with E-state index < -0.39 is 31.4 Å². The van der Waals surface area contributed by atoms with Crippen LogP contribution in [0.5, 0.6) is 0 Å². The van der Waals surface area contributed by atoms with E-state index in [1.54, 1.807) is 0 Å². The second-order valence-electron chi connectivity index (χ2n) is 6.82. The minimum Gasteiger partial charge on any atom is -0.341 e. The van der Waals surface area contributed by atoms with Gasteiger partial charge in [-0.3, -0.25) is 0 Å². The van der Waals surface area contributed by atoms with Crippen LogP contribution >= 0.6 is 0 Å². The van der Waals surface area contributed by atoms with E-state index in [1.807, 2.05) is 13.0 Å². The Kier molecular flexibility index (Phi) is 10.1. The molecule has 0 aromatic rings. The summed E-state index contributed by atoms with van der Waals surface area (Å²) in [4.78, 5) is 0. The molecule has 25 heavy (non-hydrogen) atoms. The topological polar surface area (TPSA) is 18.5 Å². The molecule has 0 aliphatic rings. The summed E-state index contributed by atoms with van der Waals surface area (Å²) in [7, 11) is 0. The summed E-state index contributed by atoms with van der Waals surface area (Å²) < 4.78 is 83.0. The highest BCUT2D eigenvalue weighted by molar-refractivity contribution is 4.98. The van der Waals surface area contributed by atoms with Crippen LogP contribution in [-0.4, -0.2) is 31.4 Å². The second kappa shape index (κ2) is 10.4. The van der Waals surface area contributed by atoms with Gasteiger partial charge in [-0.25, -0.2) is 0 Å². The van der Waals surface area contributed by atoms with Crippen LogP contribution in [0.15, 0.2) is 11.6 Å². The van der Waals surface area contributed by atoms with Crippen LogP contribution in [0.2, 0.25) is 0 Å². The third-order valence-electron chi connectivity index (χ3n) is 3.53. The van der Waals surface area contributed by atoms with Crippen molar-refractivity contribution in [3.05, 3.63) is 11.6 Å². The highest BCUT2D eigenvalue weighted by atomic mass is 19.4. The van der Waals surface area contributed by atoms with Gasteiger partial charge >= 0.3 is 12.4 Å². The quantitative estimate of drug-likeness (QED) is 0.235. The summed E-state index contributed by atoms with van der Waals surface area (Å²) in [6.07, 6.45) is -4.37. The second-order valence-corrected chi connectivity index (χ2v) is 6.82. The average molecular weight is 378 g/mol. The summed E-state index contributed by atoms with van der Waals surface area (Å²) >= 11 is 0. The van der Waals surface area contributed by atoms with Crippen LogP contribution in [0.3, 0.4) is 0 Å². The molecule has 0 unspecified atom stereocenters. The summed E-state index contributed by atoms with van der Waals surface area (Å²) in [5.41, 5.74) is 1.05. The Bertz CT molecular complexity index is 381. The Morgan fingerprint density at radius 3 is 1.84 bits per heavy atom. The number of halogens is 6. The monoisotopic (exact) mass is 378 g/mol. The highest BCUT2D eigenvalue weighted by Gasteiger charge is 2.38. The Balaban J connectivity index is 4.60. The first-order chi connectivity index (χ1) is 11.2. The first-order valence-electron chi connectivity index (χ1n) is 8.29. The molecule has 2 nitrogen and oxygen atoms in total. The molecule has 150 valence electrons. The lowest BCUT2D eigenvalue weighted by molar-refractivity contribution is -0.305. The largest absolute Gasteiger partial charge is 0.411 e. The first-order valence-corrected chi connectivity index (χ1v) is 8.29. The molecule has 0 aromatic carbocycles. The molecule has 0 aromatic heterocycles. The fourth-order valence-electron chi connectivity index (χ4n) is 2.13. The number of hydrogen-bond donors (Lipinski definition) is 0. The Morgan fingerprint density at radius 2 is 1.44 bits per heavy atom. The minimum atomic E-state index is -4.63. The van der Waals surface area contributed by atoms with Gasteiger partial charge in [0.1, 0.15) is 13.2 Å². The number of hydrogen-bond acceptors (Lipinski definition) is 2. The van der Waals surface area contributed by atoms with Crippen molar-refractivity contribution in [2.24, 2.45) is 5.92 Å². The van der Waals surface area contributed by atoms with Gasteiger partial charge in [0.15, 0.2) is 5.79 Å². The maximum Gasteiger partial charge on any atom is 0.411 e. The van der Waals surface area contributed by atoms with E-state index in [1.165, 1.54) is 0 Å². The van der Waals surface area contributed by atoms with Crippen LogP contribution in [0, 0.1) is 5.92 Å². The van der Waals surface area contributed by atoms with Gasteiger partial charge in [-0.15, -0.1) is 0 Å². The van der Waals surface area contributed by atoms with Crippen molar-refractivity contribution in [3.63, 3.8) is 0 Å². The normalized spacial score (nSPS) is 14.4. The van der Waals surface area contributed by atoms with Gasteiger partial charge in [0.05, 0.1) is 0 Å². The van der Waals surface area contributed by atoms with Gasteiger partial charge in [-0.05, 0) is 39.0 Å². The van der Waals surface area contributed by atoms with E-state index in [0.29, 0.717) is 5.92 Å². The zero-order valence-corrected chi connectivity index (χ0v) is 15.2. The van der Waals surface area contributed by atoms with Gasteiger partial charge in [-0.1, -0.05) is 31.9 Å². The molecular weight excluding hydrogens is 350 g/mol. The van der Waals surface area contributed by atoms with Crippen LogP contribution < -0.4 is 0 Å². The van der Waals surface area contributed by atoms with E-state index in [9.17, 15) is 26.3 Å². The fourth-order valence-corrected chi connectivity index (χ4v) is 2.13. The molecule has 0 saturated carbocycles. The molecule has 0 radical (unpaired) electrons. The maximum absolute atomic E-state index is 12.3. The molecule has 0 spiro atoms. The van der Waals surface area contributed by atoms with Gasteiger partial charge in [0.25, 0.3) is 0 Å². The Labute approximate surface area is 145 Å². The van der Waals surface area contributed by atoms with E-state index in [-0.39, 0.29) is 12.8 Å². The van der Waals surface area contributed by atoms with Crippen molar-refractivity contribution >= 4 is 0 Å². The molecule has 0 aliphatic heterocycles. The molecular formula is C17H28F6O2. The van der Waals surface area contributed by atoms with Crippen LogP contribution in [-0.2, 0) is 9.47 Å². The third kappa shape index (κ3) is 15.2. The van der Waals surface area contributed by atoms with E-state index >= 15 is 0 Å². The standard InChI is InChI=1S/C17H28F6O2/c1-13(2)7-5-8-14(3)9-6-10-15(4,24-11-16(18,19)20)25-12-17(21,22)23/h9,13H,5-8,10-12H2,1-4H3/b14-9+. The number of rotatable bonds is 11. The third-order valence-corrected chi connectivity index (χ3v) is 3.53. The van der Waals surface area contributed by atoms with Crippen molar-refractivity contribution in [1.29, 1.82) is 0 Å². The molecule has 0 atom stereocenters. The molecule has 0 N–H and O–H groups in total. The lowest BCUT2D eigenvalue weighted by atomic mass is 10.0. The minimum absolute atomic E-state index is 0.0965. The van der Waals surface area contributed by atoms with Crippen LogP contribution in [0.4, 0.5) is 26.3 Å². The van der Waals surface area contributed by atoms with Crippen molar-refractivity contribution in [1.82, 2.24) is 0 Å². The van der Waals surface area contributed by atoms with E-state index in [4.69, 9.17) is 0 Å². The van der Waals surface area contributed by atoms with Crippen molar-refractivity contribution in [2.45, 2.75) is 77.9 Å². The Hall–Kier alpha value is -0.760. The summed E-state index contributed by atoms with van der Waals surface area (Å²) in [5.74, 6) is -1.36. The maximum atomic E-state index is 12.3. The molecule has 0 fully saturated rings. The lowest BCUT2D eigenvalue weighted by Gasteiger charge is -2.30. The predicted octanol–water partition coefficient (Wildman–Crippen LogP) is 6.41. The lowest BCUT2D eigenvalue weighted by Crippen LogP contribution is -2.39. The number of ether oxygens (including phenoxy) is 2. The number of alkyl halides is 6. The summed E-state index contributed by atoms with van der Waals surface area (Å²) in [6, 6.07) is 0. The van der Waals surface area contributed by atoms with Crippen molar-refractivity contribution in [3.8, 4) is 0 Å². The summed E-state index contributed by atoms with van der Waals surface area (Å²) in [5, 5.41) is 0. The van der Waals surface area contributed by atoms with Gasteiger partial charge in [0, 0.05) is 6.42 Å². The average Bonchev–Trinajstić information content (AvgIpc) is 2.41. The molecule has 0 heterocycles. The van der Waals surface area contributed by atoms with E-state index in [2.05, 4.69) is 23.3 Å². The van der Waals surface area contributed by atoms with Crippen molar-refractivity contribution in [2.75, 3.05) is 13.2 Å². The van der Waals surface area contributed by atoms with E-state index in [0.717, 1.165) is 31.8 Å². The van der Waals surface area contributed by atoms with Crippen molar-refractivity contribution < 1.29 is 35.8 Å². The molecule has 0 rings (SSSR count). The predicted molar refractivity (Wildman–Crippen MR) is 84.1 cm³/mol. The SMILES string of the molecule is C/C(=C\CCC(C)(OCC(F)(F)F)OCC(F)(F)F)CCCC(C)C. The molecule has 0 amide bonds.